The van der Waals surface area contributed by atoms with E-state index in [0.717, 1.165) is 17.5 Å². The molecule has 6 heteroatoms. The monoisotopic (exact) mass is 326 g/mol. The number of nitrogens with zero attached hydrogens (tertiary/aromatic N) is 2. The summed E-state index contributed by atoms with van der Waals surface area (Å²) in [6.45, 7) is 2.00. The topological polar surface area (TPSA) is 60.9 Å². The molecule has 2 aromatic rings. The highest BCUT2D eigenvalue weighted by atomic mass is 16.7. The average Bonchev–Trinajstić information content (AvgIpc) is 3.09. The quantitative estimate of drug-likeness (QED) is 0.865. The van der Waals surface area contributed by atoms with Gasteiger partial charge in [-0.05, 0) is 41.3 Å². The standard InChI is InChI=1S/C18H18N2O4/c1-22-10-14-8-19-7-13-9-20(5-4-15(13)14)18(21)12-2-3-16-17(6-12)24-11-23-16/h2-3,6-8H,4-5,9-11H2,1H3. The Balaban J connectivity index is 1.56. The van der Waals surface area contributed by atoms with E-state index >= 15 is 0 Å². The third-order valence-electron chi connectivity index (χ3n) is 4.44. The summed E-state index contributed by atoms with van der Waals surface area (Å²) >= 11 is 0. The lowest BCUT2D eigenvalue weighted by Gasteiger charge is -2.30. The molecular formula is C18H18N2O4. The molecule has 0 N–H and O–H groups in total. The highest BCUT2D eigenvalue weighted by molar-refractivity contribution is 5.95. The molecule has 0 bridgehead atoms. The first-order valence-electron chi connectivity index (χ1n) is 7.89. The number of hydrogen-bond acceptors (Lipinski definition) is 5. The number of pyridine rings is 1. The second-order valence-electron chi connectivity index (χ2n) is 5.91. The third-order valence-corrected chi connectivity index (χ3v) is 4.44. The van der Waals surface area contributed by atoms with Crippen molar-refractivity contribution in [1.82, 2.24) is 9.88 Å². The molecule has 2 aliphatic rings. The summed E-state index contributed by atoms with van der Waals surface area (Å²) in [5.74, 6) is 1.31. The number of methoxy groups -OCH3 is 1. The Kier molecular flexibility index (Phi) is 3.82. The van der Waals surface area contributed by atoms with Crippen LogP contribution >= 0.6 is 0 Å². The predicted octanol–water partition coefficient (Wildman–Crippen LogP) is 2.16. The lowest BCUT2D eigenvalue weighted by Crippen LogP contribution is -2.36. The third kappa shape index (κ3) is 2.59. The Morgan fingerprint density at radius 3 is 3.04 bits per heavy atom. The maximum absolute atomic E-state index is 12.8. The molecule has 3 heterocycles. The molecule has 0 atom stereocenters. The van der Waals surface area contributed by atoms with Gasteiger partial charge in [0.25, 0.3) is 5.91 Å². The van der Waals surface area contributed by atoms with Gasteiger partial charge in [-0.25, -0.2) is 0 Å². The molecule has 0 saturated heterocycles. The van der Waals surface area contributed by atoms with Gasteiger partial charge in [-0.2, -0.15) is 0 Å². The Hall–Kier alpha value is -2.60. The Morgan fingerprint density at radius 1 is 1.29 bits per heavy atom. The minimum Gasteiger partial charge on any atom is -0.454 e. The van der Waals surface area contributed by atoms with Crippen LogP contribution in [0.4, 0.5) is 0 Å². The van der Waals surface area contributed by atoms with Crippen molar-refractivity contribution in [1.29, 1.82) is 0 Å². The van der Waals surface area contributed by atoms with Gasteiger partial charge in [-0.3, -0.25) is 9.78 Å². The number of rotatable bonds is 3. The fourth-order valence-electron chi connectivity index (χ4n) is 3.23. The summed E-state index contributed by atoms with van der Waals surface area (Å²) < 4.78 is 15.9. The van der Waals surface area contributed by atoms with Crippen LogP contribution in [0.15, 0.2) is 30.6 Å². The minimum absolute atomic E-state index is 0.00362. The van der Waals surface area contributed by atoms with Gasteiger partial charge in [0, 0.05) is 38.2 Å². The molecule has 1 amide bonds. The van der Waals surface area contributed by atoms with Gasteiger partial charge in [0.2, 0.25) is 6.79 Å². The fraction of sp³-hybridized carbons (Fsp3) is 0.333. The number of carbonyl (C=O) groups is 1. The van der Waals surface area contributed by atoms with Crippen molar-refractivity contribution < 1.29 is 19.0 Å². The zero-order valence-corrected chi connectivity index (χ0v) is 13.4. The molecule has 124 valence electrons. The molecule has 1 aromatic heterocycles. The summed E-state index contributed by atoms with van der Waals surface area (Å²) in [5.41, 5.74) is 4.06. The first-order chi connectivity index (χ1) is 11.8. The van der Waals surface area contributed by atoms with E-state index in [0.29, 0.717) is 36.8 Å². The zero-order valence-electron chi connectivity index (χ0n) is 13.4. The van der Waals surface area contributed by atoms with Gasteiger partial charge in [0.05, 0.1) is 6.61 Å². The second kappa shape index (κ2) is 6.13. The summed E-state index contributed by atoms with van der Waals surface area (Å²) in [7, 11) is 1.68. The first-order valence-corrected chi connectivity index (χ1v) is 7.89. The van der Waals surface area contributed by atoms with E-state index in [9.17, 15) is 4.79 Å². The molecule has 0 unspecified atom stereocenters. The van der Waals surface area contributed by atoms with Gasteiger partial charge < -0.3 is 19.1 Å². The SMILES string of the molecule is COCc1cncc2c1CCN(C(=O)c1ccc3c(c1)OCO3)C2. The van der Waals surface area contributed by atoms with Crippen molar-refractivity contribution in [2.75, 3.05) is 20.4 Å². The van der Waals surface area contributed by atoms with Crippen molar-refractivity contribution in [2.24, 2.45) is 0 Å². The summed E-state index contributed by atoms with van der Waals surface area (Å²) in [4.78, 5) is 18.9. The molecule has 0 aliphatic carbocycles. The fourth-order valence-corrected chi connectivity index (χ4v) is 3.23. The van der Waals surface area contributed by atoms with Crippen LogP contribution in [0.2, 0.25) is 0 Å². The maximum atomic E-state index is 12.8. The van der Waals surface area contributed by atoms with Gasteiger partial charge in [0.15, 0.2) is 11.5 Å². The van der Waals surface area contributed by atoms with Gasteiger partial charge in [-0.1, -0.05) is 0 Å². The van der Waals surface area contributed by atoms with E-state index in [1.54, 1.807) is 25.3 Å². The van der Waals surface area contributed by atoms with Crippen molar-refractivity contribution in [3.63, 3.8) is 0 Å². The van der Waals surface area contributed by atoms with Gasteiger partial charge >= 0.3 is 0 Å². The molecule has 0 saturated carbocycles. The van der Waals surface area contributed by atoms with Crippen LogP contribution in [-0.4, -0.2) is 36.2 Å². The number of hydrogen-bond donors (Lipinski definition) is 0. The molecule has 24 heavy (non-hydrogen) atoms. The van der Waals surface area contributed by atoms with Gasteiger partial charge in [-0.15, -0.1) is 0 Å². The average molecular weight is 326 g/mol. The van der Waals surface area contributed by atoms with Crippen LogP contribution < -0.4 is 9.47 Å². The first kappa shape index (κ1) is 15.0. The second-order valence-corrected chi connectivity index (χ2v) is 5.91. The van der Waals surface area contributed by atoms with Crippen LogP contribution in [-0.2, 0) is 24.3 Å². The molecule has 4 rings (SSSR count). The predicted molar refractivity (Wildman–Crippen MR) is 86.0 cm³/mol. The normalized spacial score (nSPS) is 15.3. The van der Waals surface area contributed by atoms with E-state index in [1.165, 1.54) is 5.56 Å². The smallest absolute Gasteiger partial charge is 0.254 e. The van der Waals surface area contributed by atoms with E-state index in [4.69, 9.17) is 14.2 Å². The number of ether oxygens (including phenoxy) is 3. The number of carbonyl (C=O) groups excluding carboxylic acids is 1. The highest BCUT2D eigenvalue weighted by Gasteiger charge is 2.25. The van der Waals surface area contributed by atoms with Crippen LogP contribution in [0.25, 0.3) is 0 Å². The van der Waals surface area contributed by atoms with Crippen molar-refractivity contribution in [2.45, 2.75) is 19.6 Å². The molecular weight excluding hydrogens is 308 g/mol. The largest absolute Gasteiger partial charge is 0.454 e. The molecule has 1 aromatic carbocycles. The molecule has 6 nitrogen and oxygen atoms in total. The number of amides is 1. The van der Waals surface area contributed by atoms with Crippen LogP contribution in [0.1, 0.15) is 27.0 Å². The van der Waals surface area contributed by atoms with Crippen molar-refractivity contribution >= 4 is 5.91 Å². The lowest BCUT2D eigenvalue weighted by atomic mass is 9.97. The van der Waals surface area contributed by atoms with Gasteiger partial charge in [0.1, 0.15) is 0 Å². The summed E-state index contributed by atoms with van der Waals surface area (Å²) in [6, 6.07) is 5.32. The van der Waals surface area contributed by atoms with E-state index in [-0.39, 0.29) is 12.7 Å². The highest BCUT2D eigenvalue weighted by Crippen LogP contribution is 2.33. The molecule has 0 radical (unpaired) electrons. The van der Waals surface area contributed by atoms with Crippen LogP contribution in [0, 0.1) is 0 Å². The lowest BCUT2D eigenvalue weighted by molar-refractivity contribution is 0.0733. The minimum atomic E-state index is -0.00362. The zero-order chi connectivity index (χ0) is 16.5. The van der Waals surface area contributed by atoms with Crippen molar-refractivity contribution in [3.8, 4) is 11.5 Å². The Bertz CT molecular complexity index is 791. The molecule has 0 fully saturated rings. The molecule has 0 spiro atoms. The summed E-state index contributed by atoms with van der Waals surface area (Å²) in [5, 5.41) is 0. The van der Waals surface area contributed by atoms with Crippen LogP contribution in [0.5, 0.6) is 11.5 Å². The number of benzene rings is 1. The van der Waals surface area contributed by atoms with Crippen molar-refractivity contribution in [3.05, 3.63) is 52.8 Å². The maximum Gasteiger partial charge on any atom is 0.254 e. The van der Waals surface area contributed by atoms with E-state index in [2.05, 4.69) is 4.98 Å². The van der Waals surface area contributed by atoms with E-state index in [1.807, 2.05) is 17.3 Å². The number of fused-ring (bicyclic) bond motifs is 2. The Morgan fingerprint density at radius 2 is 2.17 bits per heavy atom. The summed E-state index contributed by atoms with van der Waals surface area (Å²) in [6.07, 6.45) is 4.50. The van der Waals surface area contributed by atoms with Crippen LogP contribution in [0.3, 0.4) is 0 Å². The molecule has 2 aliphatic heterocycles. The Labute approximate surface area is 140 Å². The van der Waals surface area contributed by atoms with E-state index < -0.39 is 0 Å². The number of aromatic nitrogens is 1.